The van der Waals surface area contributed by atoms with Crippen LogP contribution < -0.4 is 10.2 Å². The van der Waals surface area contributed by atoms with Gasteiger partial charge in [0.15, 0.2) is 0 Å². The summed E-state index contributed by atoms with van der Waals surface area (Å²) < 4.78 is 5.83. The van der Waals surface area contributed by atoms with Gasteiger partial charge in [-0.1, -0.05) is 30.3 Å². The molecule has 1 N–H and O–H groups in total. The minimum atomic E-state index is -0.124. The summed E-state index contributed by atoms with van der Waals surface area (Å²) in [7, 11) is 0. The molecular weight excluding hydrogens is 342 g/mol. The molecule has 27 heavy (non-hydrogen) atoms. The van der Waals surface area contributed by atoms with Crippen LogP contribution in [-0.4, -0.2) is 43.1 Å². The summed E-state index contributed by atoms with van der Waals surface area (Å²) in [6.07, 6.45) is 0.710. The summed E-state index contributed by atoms with van der Waals surface area (Å²) in [5.74, 6) is 0.0470. The van der Waals surface area contributed by atoms with Gasteiger partial charge in [-0.3, -0.25) is 4.79 Å². The minimum absolute atomic E-state index is 0.0470. The number of ether oxygens (including phenoxy) is 1. The van der Waals surface area contributed by atoms with Crippen LogP contribution in [0.2, 0.25) is 0 Å². The number of fused-ring (bicyclic) bond motifs is 1. The van der Waals surface area contributed by atoms with Crippen LogP contribution in [0.3, 0.4) is 0 Å². The number of hydrogen-bond donors (Lipinski definition) is 1. The molecule has 0 spiro atoms. The van der Waals surface area contributed by atoms with Crippen LogP contribution in [0.15, 0.2) is 48.5 Å². The quantitative estimate of drug-likeness (QED) is 0.889. The number of carbonyl (C=O) groups excluding carboxylic acids is 2. The fourth-order valence-corrected chi connectivity index (χ4v) is 3.71. The van der Waals surface area contributed by atoms with E-state index in [-0.39, 0.29) is 18.0 Å². The standard InChI is InChI=1S/C21H23N3O3/c1-15(25)24-10-9-17-13-18(7-8-19(17)24)22-21(26)23-11-12-27-20(14-23)16-5-3-2-4-6-16/h2-8,13,20H,9-12,14H2,1H3,(H,22,26)/t20-/m1/s1. The van der Waals surface area contributed by atoms with Crippen LogP contribution in [0.25, 0.3) is 0 Å². The number of benzene rings is 2. The Morgan fingerprint density at radius 2 is 1.93 bits per heavy atom. The number of anilines is 2. The highest BCUT2D eigenvalue weighted by atomic mass is 16.5. The van der Waals surface area contributed by atoms with Crippen LogP contribution in [-0.2, 0) is 16.0 Å². The van der Waals surface area contributed by atoms with E-state index in [0.717, 1.165) is 28.9 Å². The number of amides is 3. The van der Waals surface area contributed by atoms with Crippen molar-refractivity contribution in [3.63, 3.8) is 0 Å². The van der Waals surface area contributed by atoms with E-state index in [4.69, 9.17) is 4.74 Å². The molecule has 3 amide bonds. The fraction of sp³-hybridized carbons (Fsp3) is 0.333. The summed E-state index contributed by atoms with van der Waals surface area (Å²) in [5, 5.41) is 2.99. The second-order valence-electron chi connectivity index (χ2n) is 6.91. The van der Waals surface area contributed by atoms with E-state index < -0.39 is 0 Å². The van der Waals surface area contributed by atoms with E-state index in [2.05, 4.69) is 5.32 Å². The third kappa shape index (κ3) is 3.66. The Morgan fingerprint density at radius 1 is 1.11 bits per heavy atom. The molecule has 0 saturated carbocycles. The van der Waals surface area contributed by atoms with E-state index in [9.17, 15) is 9.59 Å². The maximum atomic E-state index is 12.7. The van der Waals surface area contributed by atoms with Crippen molar-refractivity contribution in [1.82, 2.24) is 4.90 Å². The summed E-state index contributed by atoms with van der Waals surface area (Å²) in [5.41, 5.74) is 3.87. The van der Waals surface area contributed by atoms with Crippen LogP contribution in [0.4, 0.5) is 16.2 Å². The Balaban J connectivity index is 1.43. The molecule has 2 aromatic rings. The lowest BCUT2D eigenvalue weighted by molar-refractivity contribution is -0.116. The van der Waals surface area contributed by atoms with E-state index in [1.54, 1.807) is 16.7 Å². The van der Waals surface area contributed by atoms with E-state index >= 15 is 0 Å². The van der Waals surface area contributed by atoms with Gasteiger partial charge < -0.3 is 19.9 Å². The van der Waals surface area contributed by atoms with Gasteiger partial charge in [-0.15, -0.1) is 0 Å². The first kappa shape index (κ1) is 17.5. The number of carbonyl (C=O) groups is 2. The first-order chi connectivity index (χ1) is 13.1. The van der Waals surface area contributed by atoms with E-state index in [0.29, 0.717) is 26.2 Å². The lowest BCUT2D eigenvalue weighted by Crippen LogP contribution is -2.44. The van der Waals surface area contributed by atoms with Crippen molar-refractivity contribution in [2.75, 3.05) is 36.5 Å². The lowest BCUT2D eigenvalue weighted by Gasteiger charge is -2.33. The SMILES string of the molecule is CC(=O)N1CCc2cc(NC(=O)N3CCO[C@@H](c4ccccc4)C3)ccc21. The molecule has 0 aliphatic carbocycles. The Hall–Kier alpha value is -2.86. The first-order valence-electron chi connectivity index (χ1n) is 9.25. The zero-order chi connectivity index (χ0) is 18.8. The van der Waals surface area contributed by atoms with Gasteiger partial charge in [0.05, 0.1) is 13.2 Å². The van der Waals surface area contributed by atoms with Gasteiger partial charge in [0.1, 0.15) is 6.10 Å². The summed E-state index contributed by atoms with van der Waals surface area (Å²) in [4.78, 5) is 27.9. The second kappa shape index (κ2) is 7.40. The largest absolute Gasteiger partial charge is 0.370 e. The molecule has 4 rings (SSSR count). The molecule has 6 nitrogen and oxygen atoms in total. The van der Waals surface area contributed by atoms with E-state index in [1.807, 2.05) is 48.5 Å². The molecule has 0 aromatic heterocycles. The minimum Gasteiger partial charge on any atom is -0.370 e. The Morgan fingerprint density at radius 3 is 2.70 bits per heavy atom. The maximum Gasteiger partial charge on any atom is 0.322 e. The topological polar surface area (TPSA) is 61.9 Å². The number of rotatable bonds is 2. The van der Waals surface area contributed by atoms with Crippen molar-refractivity contribution in [2.45, 2.75) is 19.4 Å². The molecule has 1 fully saturated rings. The van der Waals surface area contributed by atoms with Crippen LogP contribution >= 0.6 is 0 Å². The van der Waals surface area contributed by atoms with Crippen molar-refractivity contribution in [3.8, 4) is 0 Å². The molecular formula is C21H23N3O3. The summed E-state index contributed by atoms with van der Waals surface area (Å²) >= 11 is 0. The average molecular weight is 365 g/mol. The fourth-order valence-electron chi connectivity index (χ4n) is 3.71. The average Bonchev–Trinajstić information content (AvgIpc) is 3.12. The highest BCUT2D eigenvalue weighted by molar-refractivity contribution is 5.95. The predicted octanol–water partition coefficient (Wildman–Crippen LogP) is 3.20. The molecule has 6 heteroatoms. The number of hydrogen-bond acceptors (Lipinski definition) is 3. The van der Waals surface area contributed by atoms with Crippen LogP contribution in [0, 0.1) is 0 Å². The molecule has 140 valence electrons. The second-order valence-corrected chi connectivity index (χ2v) is 6.91. The lowest BCUT2D eigenvalue weighted by atomic mass is 10.1. The predicted molar refractivity (Wildman–Crippen MR) is 104 cm³/mol. The third-order valence-electron chi connectivity index (χ3n) is 5.13. The maximum absolute atomic E-state index is 12.7. The molecule has 2 aliphatic heterocycles. The highest BCUT2D eigenvalue weighted by Gasteiger charge is 2.26. The molecule has 1 atom stereocenters. The van der Waals surface area contributed by atoms with Gasteiger partial charge in [0.2, 0.25) is 5.91 Å². The van der Waals surface area contributed by atoms with Gasteiger partial charge in [-0.25, -0.2) is 4.79 Å². The van der Waals surface area contributed by atoms with Crippen molar-refractivity contribution < 1.29 is 14.3 Å². The number of urea groups is 1. The van der Waals surface area contributed by atoms with Crippen molar-refractivity contribution in [3.05, 3.63) is 59.7 Å². The van der Waals surface area contributed by atoms with Crippen molar-refractivity contribution >= 4 is 23.3 Å². The van der Waals surface area contributed by atoms with Crippen LogP contribution in [0.1, 0.15) is 24.2 Å². The molecule has 2 aliphatic rings. The van der Waals surface area contributed by atoms with Gasteiger partial charge >= 0.3 is 6.03 Å². The number of nitrogens with zero attached hydrogens (tertiary/aromatic N) is 2. The molecule has 2 heterocycles. The Kier molecular flexibility index (Phi) is 4.81. The molecule has 0 radical (unpaired) electrons. The summed E-state index contributed by atoms with van der Waals surface area (Å²) in [6.45, 7) is 3.89. The Labute approximate surface area is 158 Å². The van der Waals surface area contributed by atoms with Gasteiger partial charge in [-0.05, 0) is 35.7 Å². The molecule has 0 unspecified atom stereocenters. The molecule has 1 saturated heterocycles. The summed E-state index contributed by atoms with van der Waals surface area (Å²) in [6, 6.07) is 15.6. The molecule has 2 aromatic carbocycles. The van der Waals surface area contributed by atoms with Crippen molar-refractivity contribution in [1.29, 1.82) is 0 Å². The number of morpholine rings is 1. The zero-order valence-corrected chi connectivity index (χ0v) is 15.4. The Bertz CT molecular complexity index is 853. The monoisotopic (exact) mass is 365 g/mol. The van der Waals surface area contributed by atoms with Gasteiger partial charge in [0, 0.05) is 31.4 Å². The van der Waals surface area contributed by atoms with Gasteiger partial charge in [-0.2, -0.15) is 0 Å². The smallest absolute Gasteiger partial charge is 0.322 e. The highest BCUT2D eigenvalue weighted by Crippen LogP contribution is 2.31. The van der Waals surface area contributed by atoms with Crippen LogP contribution in [0.5, 0.6) is 0 Å². The normalized spacial score (nSPS) is 18.9. The van der Waals surface area contributed by atoms with Crippen molar-refractivity contribution in [2.24, 2.45) is 0 Å². The molecule has 0 bridgehead atoms. The zero-order valence-electron chi connectivity index (χ0n) is 15.4. The first-order valence-corrected chi connectivity index (χ1v) is 9.25. The van der Waals surface area contributed by atoms with E-state index in [1.165, 1.54) is 0 Å². The van der Waals surface area contributed by atoms with Gasteiger partial charge in [0.25, 0.3) is 0 Å². The third-order valence-corrected chi connectivity index (χ3v) is 5.13. The number of nitrogens with one attached hydrogen (secondary N) is 1.